The summed E-state index contributed by atoms with van der Waals surface area (Å²) in [4.78, 5) is 11.9. The number of hydrogen-bond acceptors (Lipinski definition) is 2. The highest BCUT2D eigenvalue weighted by molar-refractivity contribution is 5.78. The Labute approximate surface area is 124 Å². The Kier molecular flexibility index (Phi) is 5.57. The molecule has 0 aliphatic heterocycles. The lowest BCUT2D eigenvalue weighted by molar-refractivity contribution is -0.120. The van der Waals surface area contributed by atoms with Crippen molar-refractivity contribution >= 4 is 5.91 Å². The van der Waals surface area contributed by atoms with Crippen LogP contribution in [0.15, 0.2) is 54.6 Å². The van der Waals surface area contributed by atoms with Crippen molar-refractivity contribution in [1.29, 1.82) is 0 Å². The van der Waals surface area contributed by atoms with E-state index in [2.05, 4.69) is 17.2 Å². The van der Waals surface area contributed by atoms with E-state index in [1.807, 2.05) is 54.6 Å². The number of nitrogens with one attached hydrogen (secondary N) is 1. The zero-order valence-corrected chi connectivity index (χ0v) is 11.7. The highest BCUT2D eigenvalue weighted by atomic mass is 16.2. The molecule has 3 nitrogen and oxygen atoms in total. The Hall–Kier alpha value is -2.57. The number of benzene rings is 2. The Morgan fingerprint density at radius 2 is 1.76 bits per heavy atom. The molecular formula is C18H17NO2. The normalized spacial score (nSPS) is 9.57. The van der Waals surface area contributed by atoms with Gasteiger partial charge in [-0.1, -0.05) is 60.4 Å². The molecule has 2 aromatic rings. The third kappa shape index (κ3) is 4.79. The molecule has 2 rings (SSSR count). The molecular weight excluding hydrogens is 262 g/mol. The SMILES string of the molecule is O=C(Cc1ccccc1)NCc1ccccc1C#CCO. The summed E-state index contributed by atoms with van der Waals surface area (Å²) in [7, 11) is 0. The fourth-order valence-corrected chi connectivity index (χ4v) is 1.97. The molecule has 0 saturated carbocycles. The highest BCUT2D eigenvalue weighted by Crippen LogP contribution is 2.07. The zero-order chi connectivity index (χ0) is 14.9. The van der Waals surface area contributed by atoms with E-state index in [9.17, 15) is 4.79 Å². The van der Waals surface area contributed by atoms with Gasteiger partial charge in [0.2, 0.25) is 5.91 Å². The molecule has 0 atom stereocenters. The second-order valence-corrected chi connectivity index (χ2v) is 4.56. The maximum atomic E-state index is 11.9. The summed E-state index contributed by atoms with van der Waals surface area (Å²) < 4.78 is 0. The number of hydrogen-bond donors (Lipinski definition) is 2. The predicted molar refractivity (Wildman–Crippen MR) is 82.4 cm³/mol. The quantitative estimate of drug-likeness (QED) is 0.840. The number of rotatable bonds is 4. The van der Waals surface area contributed by atoms with Gasteiger partial charge in [0.05, 0.1) is 6.42 Å². The van der Waals surface area contributed by atoms with Crippen LogP contribution in [0.4, 0.5) is 0 Å². The van der Waals surface area contributed by atoms with Gasteiger partial charge >= 0.3 is 0 Å². The van der Waals surface area contributed by atoms with Gasteiger partial charge in [-0.3, -0.25) is 4.79 Å². The van der Waals surface area contributed by atoms with Gasteiger partial charge in [-0.05, 0) is 17.2 Å². The third-order valence-electron chi connectivity index (χ3n) is 3.00. The summed E-state index contributed by atoms with van der Waals surface area (Å²) in [5.41, 5.74) is 2.76. The summed E-state index contributed by atoms with van der Waals surface area (Å²) in [6.45, 7) is 0.261. The van der Waals surface area contributed by atoms with Gasteiger partial charge in [0.15, 0.2) is 0 Å². The van der Waals surface area contributed by atoms with Gasteiger partial charge in [-0.15, -0.1) is 0 Å². The Morgan fingerprint density at radius 1 is 1.05 bits per heavy atom. The first-order valence-corrected chi connectivity index (χ1v) is 6.78. The van der Waals surface area contributed by atoms with Crippen molar-refractivity contribution in [2.24, 2.45) is 0 Å². The van der Waals surface area contributed by atoms with E-state index in [1.54, 1.807) is 0 Å². The molecule has 0 aliphatic carbocycles. The fourth-order valence-electron chi connectivity index (χ4n) is 1.97. The van der Waals surface area contributed by atoms with Crippen LogP contribution in [0.2, 0.25) is 0 Å². The lowest BCUT2D eigenvalue weighted by Crippen LogP contribution is -2.24. The molecule has 2 aromatic carbocycles. The molecule has 0 aromatic heterocycles. The lowest BCUT2D eigenvalue weighted by atomic mass is 10.1. The molecule has 1 amide bonds. The van der Waals surface area contributed by atoms with Crippen LogP contribution >= 0.6 is 0 Å². The number of carbonyl (C=O) groups is 1. The molecule has 21 heavy (non-hydrogen) atoms. The Balaban J connectivity index is 1.95. The van der Waals surface area contributed by atoms with E-state index < -0.39 is 0 Å². The first-order chi connectivity index (χ1) is 10.3. The minimum atomic E-state index is -0.172. The van der Waals surface area contributed by atoms with Crippen molar-refractivity contribution in [2.75, 3.05) is 6.61 Å². The van der Waals surface area contributed by atoms with Crippen LogP contribution in [-0.2, 0) is 17.8 Å². The van der Waals surface area contributed by atoms with Crippen molar-refractivity contribution in [1.82, 2.24) is 5.32 Å². The average molecular weight is 279 g/mol. The first-order valence-electron chi connectivity index (χ1n) is 6.78. The van der Waals surface area contributed by atoms with E-state index in [4.69, 9.17) is 5.11 Å². The molecule has 0 heterocycles. The third-order valence-corrected chi connectivity index (χ3v) is 3.00. The molecule has 0 bridgehead atoms. The van der Waals surface area contributed by atoms with Crippen molar-refractivity contribution < 1.29 is 9.90 Å². The topological polar surface area (TPSA) is 49.3 Å². The Bertz CT molecular complexity index is 654. The molecule has 106 valence electrons. The van der Waals surface area contributed by atoms with Crippen molar-refractivity contribution in [3.63, 3.8) is 0 Å². The standard InChI is InChI=1S/C18H17NO2/c20-12-6-11-16-9-4-5-10-17(16)14-19-18(21)13-15-7-2-1-3-8-15/h1-5,7-10,20H,12-14H2,(H,19,21). The van der Waals surface area contributed by atoms with Gasteiger partial charge < -0.3 is 10.4 Å². The summed E-state index contributed by atoms with van der Waals surface area (Å²) in [6.07, 6.45) is 0.366. The summed E-state index contributed by atoms with van der Waals surface area (Å²) >= 11 is 0. The zero-order valence-electron chi connectivity index (χ0n) is 11.7. The molecule has 0 spiro atoms. The van der Waals surface area contributed by atoms with Crippen LogP contribution in [0.5, 0.6) is 0 Å². The minimum absolute atomic E-state index is 0.0221. The van der Waals surface area contributed by atoms with Crippen LogP contribution < -0.4 is 5.32 Å². The van der Waals surface area contributed by atoms with Gasteiger partial charge in [-0.2, -0.15) is 0 Å². The predicted octanol–water partition coefficient (Wildman–Crippen LogP) is 1.89. The van der Waals surface area contributed by atoms with Crippen molar-refractivity contribution in [3.8, 4) is 11.8 Å². The molecule has 0 unspecified atom stereocenters. The second kappa shape index (κ2) is 7.88. The maximum absolute atomic E-state index is 11.9. The average Bonchev–Trinajstić information content (AvgIpc) is 2.52. The summed E-state index contributed by atoms with van der Waals surface area (Å²) in [5, 5.41) is 11.7. The Morgan fingerprint density at radius 3 is 2.52 bits per heavy atom. The van der Waals surface area contributed by atoms with Crippen LogP contribution in [0.1, 0.15) is 16.7 Å². The molecule has 0 radical (unpaired) electrons. The van der Waals surface area contributed by atoms with E-state index in [0.29, 0.717) is 13.0 Å². The lowest BCUT2D eigenvalue weighted by Gasteiger charge is -2.07. The smallest absolute Gasteiger partial charge is 0.224 e. The van der Waals surface area contributed by atoms with Crippen LogP contribution in [0.25, 0.3) is 0 Å². The maximum Gasteiger partial charge on any atom is 0.224 e. The number of carbonyl (C=O) groups excluding carboxylic acids is 1. The summed E-state index contributed by atoms with van der Waals surface area (Å²) in [6, 6.07) is 17.2. The van der Waals surface area contributed by atoms with Crippen molar-refractivity contribution in [3.05, 3.63) is 71.3 Å². The summed E-state index contributed by atoms with van der Waals surface area (Å²) in [5.74, 6) is 5.49. The molecule has 0 saturated heterocycles. The number of aliphatic hydroxyl groups excluding tert-OH is 1. The second-order valence-electron chi connectivity index (χ2n) is 4.56. The van der Waals surface area contributed by atoms with Crippen LogP contribution in [0.3, 0.4) is 0 Å². The van der Waals surface area contributed by atoms with Gasteiger partial charge in [0.1, 0.15) is 6.61 Å². The van der Waals surface area contributed by atoms with E-state index >= 15 is 0 Å². The first kappa shape index (κ1) is 14.8. The van der Waals surface area contributed by atoms with E-state index in [0.717, 1.165) is 16.7 Å². The molecule has 0 fully saturated rings. The fraction of sp³-hybridized carbons (Fsp3) is 0.167. The number of amides is 1. The highest BCUT2D eigenvalue weighted by Gasteiger charge is 2.04. The van der Waals surface area contributed by atoms with E-state index in [1.165, 1.54) is 0 Å². The number of aliphatic hydroxyl groups is 1. The monoisotopic (exact) mass is 279 g/mol. The van der Waals surface area contributed by atoms with Gasteiger partial charge in [0, 0.05) is 12.1 Å². The minimum Gasteiger partial charge on any atom is -0.384 e. The molecule has 3 heteroatoms. The van der Waals surface area contributed by atoms with Gasteiger partial charge in [-0.25, -0.2) is 0 Å². The molecule has 2 N–H and O–H groups in total. The largest absolute Gasteiger partial charge is 0.384 e. The van der Waals surface area contributed by atoms with Crippen LogP contribution in [0, 0.1) is 11.8 Å². The van der Waals surface area contributed by atoms with Crippen LogP contribution in [-0.4, -0.2) is 17.6 Å². The van der Waals surface area contributed by atoms with E-state index in [-0.39, 0.29) is 12.5 Å². The van der Waals surface area contributed by atoms with Gasteiger partial charge in [0.25, 0.3) is 0 Å². The molecule has 0 aliphatic rings. The van der Waals surface area contributed by atoms with Crippen molar-refractivity contribution in [2.45, 2.75) is 13.0 Å².